The molecule has 2 saturated carbocycles. The zero-order chi connectivity index (χ0) is 16.5. The first-order chi connectivity index (χ1) is 10.9. The summed E-state index contributed by atoms with van der Waals surface area (Å²) < 4.78 is 4.86. The topological polar surface area (TPSA) is 66.9 Å². The van der Waals surface area contributed by atoms with E-state index in [2.05, 4.69) is 0 Å². The highest BCUT2D eigenvalue weighted by Crippen LogP contribution is 2.52. The van der Waals surface area contributed by atoms with Crippen LogP contribution < -0.4 is 0 Å². The van der Waals surface area contributed by atoms with Gasteiger partial charge in [0.1, 0.15) is 0 Å². The van der Waals surface area contributed by atoms with E-state index in [1.54, 1.807) is 0 Å². The van der Waals surface area contributed by atoms with E-state index in [0.717, 1.165) is 19.4 Å². The van der Waals surface area contributed by atoms with Crippen LogP contribution in [-0.2, 0) is 19.1 Å². The van der Waals surface area contributed by atoms with Crippen LogP contribution in [0.15, 0.2) is 0 Å². The molecule has 6 atom stereocenters. The zero-order valence-corrected chi connectivity index (χ0v) is 13.9. The van der Waals surface area contributed by atoms with Gasteiger partial charge in [0.05, 0.1) is 18.9 Å². The second kappa shape index (κ2) is 4.95. The fourth-order valence-electron chi connectivity index (χ4n) is 5.12. The maximum atomic E-state index is 13.0. The number of nitrogens with zero attached hydrogens (tertiary/aromatic N) is 2. The molecule has 6 rings (SSSR count). The smallest absolute Gasteiger partial charge is 0.311 e. The van der Waals surface area contributed by atoms with Gasteiger partial charge in [0.25, 0.3) is 0 Å². The largest absolute Gasteiger partial charge is 0.469 e. The lowest BCUT2D eigenvalue weighted by molar-refractivity contribution is -0.153. The normalized spacial score (nSPS) is 40.0. The summed E-state index contributed by atoms with van der Waals surface area (Å²) in [6.45, 7) is 5.22. The maximum absolute atomic E-state index is 13.0. The Kier molecular flexibility index (Phi) is 3.22. The van der Waals surface area contributed by atoms with Crippen LogP contribution in [0.2, 0.25) is 0 Å². The Morgan fingerprint density at radius 3 is 2.13 bits per heavy atom. The Labute approximate surface area is 136 Å². The number of carbonyl (C=O) groups is 3. The summed E-state index contributed by atoms with van der Waals surface area (Å²) in [6, 6.07) is 0.103. The summed E-state index contributed by atoms with van der Waals surface area (Å²) in [6.07, 6.45) is 1.87. The third-order valence-corrected chi connectivity index (χ3v) is 6.41. The first kappa shape index (κ1) is 15.0. The average molecular weight is 320 g/mol. The Morgan fingerprint density at radius 2 is 1.52 bits per heavy atom. The number of carbonyl (C=O) groups excluding carboxylic acids is 3. The molecular weight excluding hydrogens is 296 g/mol. The fraction of sp³-hybridized carbons (Fsp3) is 0.824. The van der Waals surface area contributed by atoms with Gasteiger partial charge in [-0.2, -0.15) is 0 Å². The Balaban J connectivity index is 1.44. The van der Waals surface area contributed by atoms with Gasteiger partial charge in [0.15, 0.2) is 0 Å². The molecule has 0 unspecified atom stereocenters. The highest BCUT2D eigenvalue weighted by molar-refractivity contribution is 5.87. The number of methoxy groups -OCH3 is 1. The summed E-state index contributed by atoms with van der Waals surface area (Å²) in [7, 11) is 1.41. The average Bonchev–Trinajstić information content (AvgIpc) is 3.22. The lowest BCUT2D eigenvalue weighted by Crippen LogP contribution is -2.53. The van der Waals surface area contributed by atoms with E-state index in [9.17, 15) is 14.4 Å². The van der Waals surface area contributed by atoms with E-state index >= 15 is 0 Å². The SMILES string of the molecule is COC(=O)[C@@H]1[C@H]2C[C@@H]1N(C(=O)[C@@H]1[C@H]3C[C@@H]1N(C(=O)C(C)C)C3)C2. The van der Waals surface area contributed by atoms with Gasteiger partial charge in [-0.05, 0) is 24.7 Å². The minimum atomic E-state index is -0.185. The van der Waals surface area contributed by atoms with E-state index < -0.39 is 0 Å². The van der Waals surface area contributed by atoms with Crippen molar-refractivity contribution in [3.8, 4) is 0 Å². The molecule has 0 radical (unpaired) electrons. The van der Waals surface area contributed by atoms with Crippen LogP contribution in [0.4, 0.5) is 0 Å². The van der Waals surface area contributed by atoms with Gasteiger partial charge in [-0.25, -0.2) is 0 Å². The summed E-state index contributed by atoms with van der Waals surface area (Å²) in [5, 5.41) is 0. The summed E-state index contributed by atoms with van der Waals surface area (Å²) in [4.78, 5) is 40.9. The lowest BCUT2D eigenvalue weighted by Gasteiger charge is -2.40. The molecule has 6 nitrogen and oxygen atoms in total. The minimum Gasteiger partial charge on any atom is -0.469 e. The van der Waals surface area contributed by atoms with Gasteiger partial charge in [0.2, 0.25) is 11.8 Å². The van der Waals surface area contributed by atoms with Gasteiger partial charge in [-0.1, -0.05) is 13.8 Å². The predicted octanol–water partition coefficient (Wildman–Crippen LogP) is 0.509. The molecule has 4 heterocycles. The van der Waals surface area contributed by atoms with Crippen molar-refractivity contribution >= 4 is 17.8 Å². The van der Waals surface area contributed by atoms with E-state index in [-0.39, 0.29) is 53.5 Å². The molecule has 4 aliphatic heterocycles. The van der Waals surface area contributed by atoms with Crippen LogP contribution in [-0.4, -0.2) is 59.9 Å². The molecule has 0 spiro atoms. The third kappa shape index (κ3) is 1.90. The molecule has 0 aromatic heterocycles. The molecular formula is C17H24N2O4. The second-order valence-corrected chi connectivity index (χ2v) is 7.84. The number of amides is 2. The van der Waals surface area contributed by atoms with E-state index in [1.165, 1.54) is 7.11 Å². The van der Waals surface area contributed by atoms with Crippen LogP contribution in [0.1, 0.15) is 26.7 Å². The molecule has 6 aliphatic rings. The molecule has 4 bridgehead atoms. The third-order valence-electron chi connectivity index (χ3n) is 6.41. The molecule has 126 valence electrons. The van der Waals surface area contributed by atoms with Crippen molar-refractivity contribution in [3.63, 3.8) is 0 Å². The van der Waals surface area contributed by atoms with Crippen LogP contribution in [0.5, 0.6) is 0 Å². The van der Waals surface area contributed by atoms with Crippen molar-refractivity contribution in [1.82, 2.24) is 9.80 Å². The molecule has 23 heavy (non-hydrogen) atoms. The Bertz CT molecular complexity index is 575. The first-order valence-corrected chi connectivity index (χ1v) is 8.62. The number of hydrogen-bond acceptors (Lipinski definition) is 4. The molecule has 0 N–H and O–H groups in total. The fourth-order valence-corrected chi connectivity index (χ4v) is 5.12. The number of fused-ring (bicyclic) bond motifs is 2. The van der Waals surface area contributed by atoms with Crippen molar-refractivity contribution in [1.29, 1.82) is 0 Å². The van der Waals surface area contributed by atoms with Crippen molar-refractivity contribution in [2.45, 2.75) is 38.8 Å². The summed E-state index contributed by atoms with van der Waals surface area (Å²) in [5.41, 5.74) is 0. The standard InChI is InChI=1S/C17H24N2O4/c1-8(2)15(20)18-6-9-4-11(18)13(9)16(21)19-7-10-5-12(19)14(10)17(22)23-3/h8-14H,4-7H2,1-3H3/t9-,10-,11-,12-,13+,14+/m0/s1. The minimum absolute atomic E-state index is 0.0200. The number of esters is 1. The van der Waals surface area contributed by atoms with Crippen molar-refractivity contribution in [3.05, 3.63) is 0 Å². The van der Waals surface area contributed by atoms with Gasteiger partial charge in [-0.3, -0.25) is 14.4 Å². The van der Waals surface area contributed by atoms with Gasteiger partial charge >= 0.3 is 5.97 Å². The van der Waals surface area contributed by atoms with Gasteiger partial charge in [-0.15, -0.1) is 0 Å². The molecule has 0 aromatic rings. The number of ether oxygens (including phenoxy) is 1. The van der Waals surface area contributed by atoms with Crippen molar-refractivity contribution in [2.24, 2.45) is 29.6 Å². The second-order valence-electron chi connectivity index (χ2n) is 7.84. The number of rotatable bonds is 3. The monoisotopic (exact) mass is 320 g/mol. The molecule has 0 aromatic carbocycles. The van der Waals surface area contributed by atoms with Gasteiger partial charge in [0, 0.05) is 31.1 Å². The molecule has 2 amide bonds. The predicted molar refractivity (Wildman–Crippen MR) is 81.1 cm³/mol. The number of hydrogen-bond donors (Lipinski definition) is 0. The molecule has 2 aliphatic carbocycles. The van der Waals surface area contributed by atoms with Crippen LogP contribution in [0.25, 0.3) is 0 Å². The quantitative estimate of drug-likeness (QED) is 0.711. The molecule has 6 fully saturated rings. The summed E-state index contributed by atoms with van der Waals surface area (Å²) in [5.74, 6) is 0.510. The van der Waals surface area contributed by atoms with Crippen LogP contribution in [0.3, 0.4) is 0 Å². The molecule has 4 saturated heterocycles. The summed E-state index contributed by atoms with van der Waals surface area (Å²) >= 11 is 0. The molecule has 6 heteroatoms. The lowest BCUT2D eigenvalue weighted by atomic mass is 9.72. The van der Waals surface area contributed by atoms with Crippen molar-refractivity contribution < 1.29 is 19.1 Å². The van der Waals surface area contributed by atoms with E-state index in [0.29, 0.717) is 12.5 Å². The highest BCUT2D eigenvalue weighted by Gasteiger charge is 2.63. The van der Waals surface area contributed by atoms with E-state index in [4.69, 9.17) is 4.74 Å². The van der Waals surface area contributed by atoms with Crippen molar-refractivity contribution in [2.75, 3.05) is 20.2 Å². The highest BCUT2D eigenvalue weighted by atomic mass is 16.5. The first-order valence-electron chi connectivity index (χ1n) is 8.62. The van der Waals surface area contributed by atoms with Gasteiger partial charge < -0.3 is 14.5 Å². The van der Waals surface area contributed by atoms with E-state index in [1.807, 2.05) is 23.6 Å². The van der Waals surface area contributed by atoms with Crippen LogP contribution in [0, 0.1) is 29.6 Å². The maximum Gasteiger partial charge on any atom is 0.311 e. The Morgan fingerprint density at radius 1 is 0.957 bits per heavy atom. The van der Waals surface area contributed by atoms with Crippen LogP contribution >= 0.6 is 0 Å². The zero-order valence-electron chi connectivity index (χ0n) is 13.9. The Hall–Kier alpha value is -1.59.